The lowest BCUT2D eigenvalue weighted by molar-refractivity contribution is 0.146. The maximum absolute atomic E-state index is 14.7. The molecule has 0 radical (unpaired) electrons. The van der Waals surface area contributed by atoms with Crippen molar-refractivity contribution in [3.05, 3.63) is 53.2 Å². The molecular weight excluding hydrogens is 417 g/mol. The molecule has 4 rings (SSSR count). The van der Waals surface area contributed by atoms with E-state index in [-0.39, 0.29) is 5.56 Å². The number of likely N-dealkylation sites (N-methyl/N-ethyl adjacent to an activating group) is 1. The minimum absolute atomic E-state index is 0.162. The molecule has 1 aliphatic heterocycles. The molecule has 2 atom stereocenters. The predicted octanol–water partition coefficient (Wildman–Crippen LogP) is 4.72. The van der Waals surface area contributed by atoms with E-state index in [1.54, 1.807) is 20.0 Å². The predicted molar refractivity (Wildman–Crippen MR) is 120 cm³/mol. The third-order valence-electron chi connectivity index (χ3n) is 6.01. The highest BCUT2D eigenvalue weighted by atomic mass is 19.3. The van der Waals surface area contributed by atoms with Crippen molar-refractivity contribution in [3.63, 3.8) is 0 Å². The molecule has 0 amide bonds. The van der Waals surface area contributed by atoms with Gasteiger partial charge in [0, 0.05) is 30.1 Å². The third kappa shape index (κ3) is 4.34. The van der Waals surface area contributed by atoms with Crippen molar-refractivity contribution in [2.24, 2.45) is 0 Å². The molecule has 3 heterocycles. The fourth-order valence-corrected chi connectivity index (χ4v) is 4.15. The minimum atomic E-state index is -2.87. The van der Waals surface area contributed by atoms with Crippen LogP contribution >= 0.6 is 0 Å². The number of hydrogen-bond acceptors (Lipinski definition) is 6. The van der Waals surface area contributed by atoms with Gasteiger partial charge in [-0.05, 0) is 40.4 Å². The summed E-state index contributed by atoms with van der Waals surface area (Å²) in [5, 5.41) is 3.96. The van der Waals surface area contributed by atoms with E-state index in [2.05, 4.69) is 44.2 Å². The molecule has 9 heteroatoms. The summed E-state index contributed by atoms with van der Waals surface area (Å²) >= 11 is 0. The van der Waals surface area contributed by atoms with E-state index in [0.717, 1.165) is 36.8 Å². The van der Waals surface area contributed by atoms with Crippen molar-refractivity contribution >= 4 is 22.5 Å². The second-order valence-corrected chi connectivity index (χ2v) is 8.45. The Morgan fingerprint density at radius 2 is 1.94 bits per heavy atom. The van der Waals surface area contributed by atoms with E-state index in [9.17, 15) is 13.2 Å². The summed E-state index contributed by atoms with van der Waals surface area (Å²) in [4.78, 5) is 18.0. The number of rotatable bonds is 6. The molecule has 32 heavy (non-hydrogen) atoms. The molecule has 0 saturated carbocycles. The molecule has 0 spiro atoms. The van der Waals surface area contributed by atoms with Crippen LogP contribution in [0.15, 0.2) is 30.5 Å². The number of hydrogen-bond donors (Lipinski definition) is 1. The van der Waals surface area contributed by atoms with Gasteiger partial charge in [0.15, 0.2) is 0 Å². The van der Waals surface area contributed by atoms with Crippen molar-refractivity contribution in [2.45, 2.75) is 38.8 Å². The maximum atomic E-state index is 14.7. The number of pyridine rings is 1. The first-order valence-corrected chi connectivity index (χ1v) is 10.6. The molecule has 170 valence electrons. The topological polar surface area (TPSA) is 57.2 Å². The Morgan fingerprint density at radius 3 is 2.62 bits per heavy atom. The summed E-state index contributed by atoms with van der Waals surface area (Å²) in [6.07, 6.45) is -0.0980. The highest BCUT2D eigenvalue weighted by molar-refractivity contribution is 5.90. The van der Waals surface area contributed by atoms with Gasteiger partial charge in [-0.3, -0.25) is 0 Å². The Hall–Kier alpha value is -2.94. The molecule has 6 nitrogen and oxygen atoms in total. The summed E-state index contributed by atoms with van der Waals surface area (Å²) in [5.74, 6) is 0.994. The standard InChI is InChI=1S/C23H27F3N6/c1-13(16-6-5-7-17(21(16)24)22(25)26)28-23-18-10-20(27-11-19(18)29-14(2)30-23)32-9-8-15(12-32)31(3)4/h5-7,10-11,13,15,22H,8-9,12H2,1-4H3,(H,28,29,30)/t13-,15-/m1/s1. The smallest absolute Gasteiger partial charge is 0.266 e. The number of nitrogens with zero attached hydrogens (tertiary/aromatic N) is 5. The lowest BCUT2D eigenvalue weighted by Gasteiger charge is -2.22. The van der Waals surface area contributed by atoms with Gasteiger partial charge < -0.3 is 15.1 Å². The summed E-state index contributed by atoms with van der Waals surface area (Å²) in [7, 11) is 4.15. The minimum Gasteiger partial charge on any atom is -0.363 e. The number of anilines is 2. The third-order valence-corrected chi connectivity index (χ3v) is 6.01. The molecule has 0 aliphatic carbocycles. The molecule has 0 unspecified atom stereocenters. The summed E-state index contributed by atoms with van der Waals surface area (Å²) < 4.78 is 40.9. The molecule has 2 aromatic heterocycles. The Labute approximate surface area is 185 Å². The van der Waals surface area contributed by atoms with Gasteiger partial charge in [-0.15, -0.1) is 0 Å². The van der Waals surface area contributed by atoms with Gasteiger partial charge >= 0.3 is 0 Å². The first-order valence-electron chi connectivity index (χ1n) is 10.6. The zero-order valence-corrected chi connectivity index (χ0v) is 18.6. The average molecular weight is 445 g/mol. The van der Waals surface area contributed by atoms with E-state index < -0.39 is 23.8 Å². The Kier molecular flexibility index (Phi) is 6.19. The molecule has 3 aromatic rings. The van der Waals surface area contributed by atoms with Crippen LogP contribution in [-0.2, 0) is 0 Å². The van der Waals surface area contributed by atoms with Crippen LogP contribution in [0.3, 0.4) is 0 Å². The summed E-state index contributed by atoms with van der Waals surface area (Å²) in [6.45, 7) is 5.27. The Morgan fingerprint density at radius 1 is 1.19 bits per heavy atom. The van der Waals surface area contributed by atoms with Crippen LogP contribution < -0.4 is 10.2 Å². The van der Waals surface area contributed by atoms with Crippen molar-refractivity contribution < 1.29 is 13.2 Å². The van der Waals surface area contributed by atoms with E-state index in [1.807, 2.05) is 6.07 Å². The van der Waals surface area contributed by atoms with Crippen LogP contribution in [0.2, 0.25) is 0 Å². The number of aromatic nitrogens is 3. The van der Waals surface area contributed by atoms with Crippen molar-refractivity contribution in [2.75, 3.05) is 37.4 Å². The highest BCUT2D eigenvalue weighted by Crippen LogP contribution is 2.31. The molecule has 1 aliphatic rings. The summed E-state index contributed by atoms with van der Waals surface area (Å²) in [5.41, 5.74) is 0.229. The van der Waals surface area contributed by atoms with Gasteiger partial charge in [0.2, 0.25) is 0 Å². The molecule has 1 fully saturated rings. The second-order valence-electron chi connectivity index (χ2n) is 8.45. The number of fused-ring (bicyclic) bond motifs is 1. The fourth-order valence-electron chi connectivity index (χ4n) is 4.15. The van der Waals surface area contributed by atoms with E-state index >= 15 is 0 Å². The number of halogens is 3. The number of alkyl halides is 2. The average Bonchev–Trinajstić information content (AvgIpc) is 3.24. The summed E-state index contributed by atoms with van der Waals surface area (Å²) in [6, 6.07) is 5.88. The molecule has 1 N–H and O–H groups in total. The van der Waals surface area contributed by atoms with E-state index in [4.69, 9.17) is 0 Å². The van der Waals surface area contributed by atoms with E-state index in [1.165, 1.54) is 12.1 Å². The monoisotopic (exact) mass is 444 g/mol. The van der Waals surface area contributed by atoms with Crippen molar-refractivity contribution in [3.8, 4) is 0 Å². The quantitative estimate of drug-likeness (QED) is 0.594. The number of aryl methyl sites for hydroxylation is 1. The SMILES string of the molecule is Cc1nc(N[C@H](C)c2cccc(C(F)F)c2F)c2cc(N3CC[C@@H](N(C)C)C3)ncc2n1. The number of benzene rings is 1. The van der Waals surface area contributed by atoms with Gasteiger partial charge in [0.1, 0.15) is 23.3 Å². The first-order chi connectivity index (χ1) is 15.2. The zero-order valence-electron chi connectivity index (χ0n) is 18.6. The fraction of sp³-hybridized carbons (Fsp3) is 0.435. The highest BCUT2D eigenvalue weighted by Gasteiger charge is 2.26. The molecular formula is C23H27F3N6. The molecule has 0 bridgehead atoms. The van der Waals surface area contributed by atoms with Crippen LogP contribution in [0.25, 0.3) is 10.9 Å². The van der Waals surface area contributed by atoms with Gasteiger partial charge in [0.25, 0.3) is 6.43 Å². The van der Waals surface area contributed by atoms with Crippen LogP contribution in [0.1, 0.15) is 42.8 Å². The van der Waals surface area contributed by atoms with Crippen LogP contribution in [0.5, 0.6) is 0 Å². The zero-order chi connectivity index (χ0) is 23.0. The van der Waals surface area contributed by atoms with Crippen LogP contribution in [-0.4, -0.2) is 53.1 Å². The Bertz CT molecular complexity index is 1120. The first kappa shape index (κ1) is 22.3. The van der Waals surface area contributed by atoms with Crippen LogP contribution in [0.4, 0.5) is 24.8 Å². The maximum Gasteiger partial charge on any atom is 0.266 e. The lowest BCUT2D eigenvalue weighted by atomic mass is 10.0. The van der Waals surface area contributed by atoms with Crippen molar-refractivity contribution in [1.29, 1.82) is 0 Å². The van der Waals surface area contributed by atoms with Gasteiger partial charge in [-0.25, -0.2) is 28.1 Å². The number of nitrogens with one attached hydrogen (secondary N) is 1. The van der Waals surface area contributed by atoms with Crippen molar-refractivity contribution in [1.82, 2.24) is 19.9 Å². The largest absolute Gasteiger partial charge is 0.363 e. The molecule has 1 saturated heterocycles. The second kappa shape index (κ2) is 8.90. The van der Waals surface area contributed by atoms with Crippen LogP contribution in [0, 0.1) is 12.7 Å². The normalized spacial score (nSPS) is 17.5. The lowest BCUT2D eigenvalue weighted by Crippen LogP contribution is -2.31. The molecule has 1 aromatic carbocycles. The van der Waals surface area contributed by atoms with Gasteiger partial charge in [-0.1, -0.05) is 18.2 Å². The Balaban J connectivity index is 1.67. The van der Waals surface area contributed by atoms with E-state index in [0.29, 0.717) is 23.2 Å². The van der Waals surface area contributed by atoms with Gasteiger partial charge in [-0.2, -0.15) is 0 Å². The van der Waals surface area contributed by atoms with Gasteiger partial charge in [0.05, 0.1) is 23.3 Å².